The second-order valence-electron chi connectivity index (χ2n) is 4.39. The lowest BCUT2D eigenvalue weighted by Crippen LogP contribution is -2.15. The molecule has 0 aliphatic rings. The summed E-state index contributed by atoms with van der Waals surface area (Å²) in [5.74, 6) is 0.951. The largest absolute Gasteiger partial charge is 0.494 e. The second-order valence-corrected chi connectivity index (χ2v) is 4.39. The van der Waals surface area contributed by atoms with E-state index in [1.807, 2.05) is 19.1 Å². The Bertz CT molecular complexity index is 371. The Morgan fingerprint density at radius 2 is 2.11 bits per heavy atom. The van der Waals surface area contributed by atoms with Crippen LogP contribution in [0.2, 0.25) is 0 Å². The van der Waals surface area contributed by atoms with Crippen LogP contribution in [-0.4, -0.2) is 19.7 Å². The van der Waals surface area contributed by atoms with Gasteiger partial charge in [0.15, 0.2) is 0 Å². The highest BCUT2D eigenvalue weighted by molar-refractivity contribution is 5.64. The third-order valence-electron chi connectivity index (χ3n) is 2.80. The van der Waals surface area contributed by atoms with Gasteiger partial charge in [0, 0.05) is 0 Å². The van der Waals surface area contributed by atoms with Crippen molar-refractivity contribution in [1.29, 1.82) is 0 Å². The van der Waals surface area contributed by atoms with Gasteiger partial charge in [-0.2, -0.15) is 0 Å². The van der Waals surface area contributed by atoms with E-state index in [-0.39, 0.29) is 0 Å². The first-order valence-corrected chi connectivity index (χ1v) is 6.88. The highest BCUT2D eigenvalue weighted by atomic mass is 16.5. The van der Waals surface area contributed by atoms with Crippen LogP contribution in [0.15, 0.2) is 30.3 Å². The SMILES string of the molecule is CCCNCCC=C(C)c1cccc(OCC)c1. The standard InChI is InChI=1S/C16H25NO/c1-4-11-17-12-7-8-14(3)15-9-6-10-16(13-15)18-5-2/h6,8-10,13,17H,4-5,7,11-12H2,1-3H3. The lowest BCUT2D eigenvalue weighted by molar-refractivity contribution is 0.340. The minimum Gasteiger partial charge on any atom is -0.494 e. The van der Waals surface area contributed by atoms with Gasteiger partial charge in [-0.25, -0.2) is 0 Å². The van der Waals surface area contributed by atoms with Gasteiger partial charge < -0.3 is 10.1 Å². The van der Waals surface area contributed by atoms with Gasteiger partial charge in [-0.3, -0.25) is 0 Å². The molecule has 0 saturated carbocycles. The van der Waals surface area contributed by atoms with Gasteiger partial charge in [-0.05, 0) is 63.0 Å². The number of benzene rings is 1. The molecule has 0 heterocycles. The average Bonchev–Trinajstić information content (AvgIpc) is 2.39. The fraction of sp³-hybridized carbons (Fsp3) is 0.500. The molecular weight excluding hydrogens is 222 g/mol. The maximum Gasteiger partial charge on any atom is 0.119 e. The molecule has 1 N–H and O–H groups in total. The van der Waals surface area contributed by atoms with Crippen LogP contribution in [0.4, 0.5) is 0 Å². The molecule has 0 radical (unpaired) electrons. The Balaban J connectivity index is 2.51. The molecule has 1 rings (SSSR count). The first-order chi connectivity index (χ1) is 8.77. The van der Waals surface area contributed by atoms with E-state index < -0.39 is 0 Å². The molecule has 0 saturated heterocycles. The van der Waals surface area contributed by atoms with Gasteiger partial charge in [0.05, 0.1) is 6.61 Å². The summed E-state index contributed by atoms with van der Waals surface area (Å²) in [5.41, 5.74) is 2.56. The van der Waals surface area contributed by atoms with Crippen molar-refractivity contribution in [2.75, 3.05) is 19.7 Å². The van der Waals surface area contributed by atoms with Crippen molar-refractivity contribution in [3.05, 3.63) is 35.9 Å². The van der Waals surface area contributed by atoms with E-state index in [9.17, 15) is 0 Å². The average molecular weight is 247 g/mol. The van der Waals surface area contributed by atoms with Crippen LogP contribution in [0.5, 0.6) is 5.75 Å². The maximum absolute atomic E-state index is 5.51. The van der Waals surface area contributed by atoms with Gasteiger partial charge in [-0.15, -0.1) is 0 Å². The fourth-order valence-electron chi connectivity index (χ4n) is 1.81. The molecule has 18 heavy (non-hydrogen) atoms. The Morgan fingerprint density at radius 1 is 1.28 bits per heavy atom. The van der Waals surface area contributed by atoms with E-state index in [0.717, 1.165) is 25.3 Å². The minimum atomic E-state index is 0.715. The second kappa shape index (κ2) is 8.76. The molecule has 0 amide bonds. The number of nitrogens with one attached hydrogen (secondary N) is 1. The third kappa shape index (κ3) is 5.37. The summed E-state index contributed by atoms with van der Waals surface area (Å²) in [6.45, 7) is 9.23. The molecule has 0 unspecified atom stereocenters. The van der Waals surface area contributed by atoms with Crippen LogP contribution in [0.3, 0.4) is 0 Å². The first kappa shape index (κ1) is 14.8. The minimum absolute atomic E-state index is 0.715. The summed E-state index contributed by atoms with van der Waals surface area (Å²) in [4.78, 5) is 0. The van der Waals surface area contributed by atoms with E-state index in [1.54, 1.807) is 0 Å². The molecule has 0 aromatic heterocycles. The monoisotopic (exact) mass is 247 g/mol. The molecule has 0 aliphatic heterocycles. The highest BCUT2D eigenvalue weighted by Crippen LogP contribution is 2.20. The summed E-state index contributed by atoms with van der Waals surface area (Å²) in [6.07, 6.45) is 4.55. The van der Waals surface area contributed by atoms with Crippen LogP contribution in [-0.2, 0) is 0 Å². The lowest BCUT2D eigenvalue weighted by Gasteiger charge is -2.07. The zero-order valence-corrected chi connectivity index (χ0v) is 11.8. The normalized spacial score (nSPS) is 11.6. The maximum atomic E-state index is 5.51. The first-order valence-electron chi connectivity index (χ1n) is 6.88. The van der Waals surface area contributed by atoms with Crippen molar-refractivity contribution in [3.8, 4) is 5.75 Å². The van der Waals surface area contributed by atoms with E-state index in [4.69, 9.17) is 4.74 Å². The highest BCUT2D eigenvalue weighted by Gasteiger charge is 1.98. The van der Waals surface area contributed by atoms with Crippen LogP contribution < -0.4 is 10.1 Å². The Hall–Kier alpha value is -1.28. The van der Waals surface area contributed by atoms with Crippen LogP contribution in [0.25, 0.3) is 5.57 Å². The number of rotatable bonds is 8. The van der Waals surface area contributed by atoms with Gasteiger partial charge in [0.2, 0.25) is 0 Å². The predicted molar refractivity (Wildman–Crippen MR) is 79.0 cm³/mol. The molecule has 0 spiro atoms. The Kier molecular flexibility index (Phi) is 7.19. The Morgan fingerprint density at radius 3 is 2.83 bits per heavy atom. The molecule has 1 aromatic rings. The molecule has 2 nitrogen and oxygen atoms in total. The van der Waals surface area contributed by atoms with Gasteiger partial charge in [0.1, 0.15) is 5.75 Å². The summed E-state index contributed by atoms with van der Waals surface area (Å²) in [6, 6.07) is 8.29. The quantitative estimate of drug-likeness (QED) is 0.704. The van der Waals surface area contributed by atoms with E-state index in [2.05, 4.69) is 37.4 Å². The van der Waals surface area contributed by atoms with Crippen molar-refractivity contribution in [1.82, 2.24) is 5.32 Å². The summed E-state index contributed by atoms with van der Waals surface area (Å²) >= 11 is 0. The predicted octanol–water partition coefficient (Wildman–Crippen LogP) is 3.88. The number of allylic oxidation sites excluding steroid dienone is 1. The van der Waals surface area contributed by atoms with Gasteiger partial charge in [0.25, 0.3) is 0 Å². The van der Waals surface area contributed by atoms with Gasteiger partial charge in [-0.1, -0.05) is 25.1 Å². The topological polar surface area (TPSA) is 21.3 Å². The van der Waals surface area contributed by atoms with E-state index in [0.29, 0.717) is 6.61 Å². The molecule has 0 aliphatic carbocycles. The van der Waals surface area contributed by atoms with Crippen molar-refractivity contribution in [2.24, 2.45) is 0 Å². The smallest absolute Gasteiger partial charge is 0.119 e. The number of hydrogen-bond donors (Lipinski definition) is 1. The number of ether oxygens (including phenoxy) is 1. The molecule has 1 aromatic carbocycles. The van der Waals surface area contributed by atoms with E-state index >= 15 is 0 Å². The molecule has 0 atom stereocenters. The van der Waals surface area contributed by atoms with Crippen LogP contribution >= 0.6 is 0 Å². The molecule has 2 heteroatoms. The van der Waals surface area contributed by atoms with Gasteiger partial charge >= 0.3 is 0 Å². The van der Waals surface area contributed by atoms with Crippen molar-refractivity contribution in [2.45, 2.75) is 33.6 Å². The third-order valence-corrected chi connectivity index (χ3v) is 2.80. The Labute approximate surface area is 111 Å². The molecule has 100 valence electrons. The van der Waals surface area contributed by atoms with Crippen LogP contribution in [0, 0.1) is 0 Å². The van der Waals surface area contributed by atoms with Crippen molar-refractivity contribution < 1.29 is 4.74 Å². The lowest BCUT2D eigenvalue weighted by atomic mass is 10.1. The number of hydrogen-bond acceptors (Lipinski definition) is 2. The zero-order chi connectivity index (χ0) is 13.2. The van der Waals surface area contributed by atoms with Crippen LogP contribution in [0.1, 0.15) is 39.2 Å². The summed E-state index contributed by atoms with van der Waals surface area (Å²) in [5, 5.41) is 3.40. The molecular formula is C16H25NO. The van der Waals surface area contributed by atoms with E-state index in [1.165, 1.54) is 17.6 Å². The zero-order valence-electron chi connectivity index (χ0n) is 11.8. The summed E-state index contributed by atoms with van der Waals surface area (Å²) < 4.78 is 5.51. The molecule has 0 fully saturated rings. The fourth-order valence-corrected chi connectivity index (χ4v) is 1.81. The van der Waals surface area contributed by atoms with Crippen molar-refractivity contribution >= 4 is 5.57 Å². The molecule has 0 bridgehead atoms. The summed E-state index contributed by atoms with van der Waals surface area (Å²) in [7, 11) is 0. The van der Waals surface area contributed by atoms with Crippen molar-refractivity contribution in [3.63, 3.8) is 0 Å².